The Kier molecular flexibility index (Phi) is 3.42. The van der Waals surface area contributed by atoms with Gasteiger partial charge in [-0.2, -0.15) is 5.26 Å². The van der Waals surface area contributed by atoms with Crippen LogP contribution in [-0.2, 0) is 15.7 Å². The third kappa shape index (κ3) is 2.26. The lowest BCUT2D eigenvalue weighted by Crippen LogP contribution is -2.41. The van der Waals surface area contributed by atoms with Crippen molar-refractivity contribution in [3.8, 4) is 6.07 Å². The molecule has 2 heterocycles. The molecule has 0 unspecified atom stereocenters. The summed E-state index contributed by atoms with van der Waals surface area (Å²) in [6.45, 7) is 9.97. The predicted octanol–water partition coefficient (Wildman–Crippen LogP) is 1.81. The zero-order valence-corrected chi connectivity index (χ0v) is 12.2. The first-order chi connectivity index (χ1) is 8.82. The van der Waals surface area contributed by atoms with Gasteiger partial charge in [-0.15, -0.1) is 0 Å². The fraction of sp³-hybridized carbons (Fsp3) is 0.571. The van der Waals surface area contributed by atoms with Gasteiger partial charge in [-0.1, -0.05) is 6.92 Å². The molecule has 0 N–H and O–H groups in total. The van der Waals surface area contributed by atoms with E-state index in [9.17, 15) is 5.26 Å². The van der Waals surface area contributed by atoms with E-state index in [1.807, 2.05) is 40.7 Å². The molecule has 0 aromatic carbocycles. The van der Waals surface area contributed by atoms with Crippen LogP contribution in [0.4, 0.5) is 0 Å². The maximum absolute atomic E-state index is 9.35. The summed E-state index contributed by atoms with van der Waals surface area (Å²) >= 11 is 0. The Morgan fingerprint density at radius 2 is 1.84 bits per heavy atom. The van der Waals surface area contributed by atoms with Gasteiger partial charge in [0.25, 0.3) is 0 Å². The molecule has 1 aliphatic rings. The number of aryl methyl sites for hydroxylation is 1. The number of hydrogen-bond acceptors (Lipinski definition) is 4. The van der Waals surface area contributed by atoms with Gasteiger partial charge >= 0.3 is 7.12 Å². The van der Waals surface area contributed by atoms with Crippen LogP contribution in [0.2, 0.25) is 0 Å². The third-order valence-electron chi connectivity index (χ3n) is 4.04. The monoisotopic (exact) mass is 258 g/mol. The highest BCUT2D eigenvalue weighted by Gasteiger charge is 2.53. The van der Waals surface area contributed by atoms with Crippen LogP contribution in [0.3, 0.4) is 0 Å². The molecule has 1 aliphatic heterocycles. The van der Waals surface area contributed by atoms with Crippen LogP contribution >= 0.6 is 0 Å². The van der Waals surface area contributed by atoms with E-state index >= 15 is 0 Å². The van der Waals surface area contributed by atoms with Crippen molar-refractivity contribution in [2.24, 2.45) is 0 Å². The van der Waals surface area contributed by atoms with Gasteiger partial charge in [-0.05, 0) is 45.7 Å². The molecule has 19 heavy (non-hydrogen) atoms. The number of pyridine rings is 1. The van der Waals surface area contributed by atoms with E-state index in [0.717, 1.165) is 12.0 Å². The normalized spacial score (nSPS) is 20.3. The quantitative estimate of drug-likeness (QED) is 0.759. The van der Waals surface area contributed by atoms with Crippen molar-refractivity contribution in [3.05, 3.63) is 23.4 Å². The molecule has 1 aromatic heterocycles. The van der Waals surface area contributed by atoms with E-state index in [4.69, 9.17) is 9.31 Å². The Balaban J connectivity index is 2.43. The zero-order valence-electron chi connectivity index (χ0n) is 12.2. The Morgan fingerprint density at radius 3 is 2.32 bits per heavy atom. The van der Waals surface area contributed by atoms with Gasteiger partial charge in [0.1, 0.15) is 6.07 Å². The fourth-order valence-electron chi connectivity index (χ4n) is 2.08. The highest BCUT2D eigenvalue weighted by atomic mass is 16.7. The molecule has 0 radical (unpaired) electrons. The van der Waals surface area contributed by atoms with Crippen LogP contribution in [0.15, 0.2) is 12.3 Å². The molecule has 0 bridgehead atoms. The fourth-order valence-corrected chi connectivity index (χ4v) is 2.08. The summed E-state index contributed by atoms with van der Waals surface area (Å²) < 4.78 is 11.9. The van der Waals surface area contributed by atoms with Gasteiger partial charge in [0.2, 0.25) is 0 Å². The van der Waals surface area contributed by atoms with Crippen molar-refractivity contribution in [2.75, 3.05) is 0 Å². The SMILES string of the molecule is CCc1ccnc(B2OC(C)(C)C(C)(C)O2)c1C#N. The van der Waals surface area contributed by atoms with Crippen molar-refractivity contribution in [1.82, 2.24) is 4.98 Å². The van der Waals surface area contributed by atoms with E-state index in [0.29, 0.717) is 11.2 Å². The number of hydrogen-bond donors (Lipinski definition) is 0. The second-order valence-corrected chi connectivity index (χ2v) is 5.78. The standard InChI is InChI=1S/C14H19BN2O2/c1-6-10-7-8-17-12(11(10)9-16)15-18-13(2,3)14(4,5)19-15/h7-8H,6H2,1-5H3. The Hall–Kier alpha value is -1.38. The van der Waals surface area contributed by atoms with Crippen molar-refractivity contribution in [1.29, 1.82) is 5.26 Å². The maximum atomic E-state index is 9.35. The van der Waals surface area contributed by atoms with Gasteiger partial charge in [0.05, 0.1) is 22.4 Å². The number of nitriles is 1. The molecule has 2 rings (SSSR count). The highest BCUT2D eigenvalue weighted by Crippen LogP contribution is 2.36. The number of nitrogens with zero attached hydrogens (tertiary/aromatic N) is 2. The Labute approximate surface area is 114 Å². The van der Waals surface area contributed by atoms with Gasteiger partial charge < -0.3 is 9.31 Å². The van der Waals surface area contributed by atoms with Crippen LogP contribution in [0.25, 0.3) is 0 Å². The number of aromatic nitrogens is 1. The second kappa shape index (κ2) is 4.62. The molecule has 0 saturated carbocycles. The molecule has 0 amide bonds. The number of rotatable bonds is 2. The average Bonchev–Trinajstić information content (AvgIpc) is 2.57. The molecular formula is C14H19BN2O2. The lowest BCUT2D eigenvalue weighted by Gasteiger charge is -2.32. The maximum Gasteiger partial charge on any atom is 0.515 e. The molecule has 0 spiro atoms. The van der Waals surface area contributed by atoms with Crippen molar-refractivity contribution in [3.63, 3.8) is 0 Å². The second-order valence-electron chi connectivity index (χ2n) is 5.78. The summed E-state index contributed by atoms with van der Waals surface area (Å²) in [4.78, 5) is 4.30. The summed E-state index contributed by atoms with van der Waals surface area (Å²) in [6.07, 6.45) is 2.50. The van der Waals surface area contributed by atoms with Crippen LogP contribution in [0.1, 0.15) is 45.7 Å². The molecule has 100 valence electrons. The minimum absolute atomic E-state index is 0.422. The third-order valence-corrected chi connectivity index (χ3v) is 4.04. The summed E-state index contributed by atoms with van der Waals surface area (Å²) in [6, 6.07) is 4.09. The summed E-state index contributed by atoms with van der Waals surface area (Å²) in [5.41, 5.74) is 1.29. The smallest absolute Gasteiger partial charge is 0.398 e. The Morgan fingerprint density at radius 1 is 1.26 bits per heavy atom. The predicted molar refractivity (Wildman–Crippen MR) is 74.0 cm³/mol. The highest BCUT2D eigenvalue weighted by molar-refractivity contribution is 6.61. The van der Waals surface area contributed by atoms with Gasteiger partial charge in [0.15, 0.2) is 0 Å². The van der Waals surface area contributed by atoms with Gasteiger partial charge in [-0.3, -0.25) is 4.98 Å². The minimum Gasteiger partial charge on any atom is -0.398 e. The van der Waals surface area contributed by atoms with E-state index in [-0.39, 0.29) is 0 Å². The summed E-state index contributed by atoms with van der Waals surface area (Å²) in [5, 5.41) is 9.35. The van der Waals surface area contributed by atoms with Crippen LogP contribution < -0.4 is 5.59 Å². The summed E-state index contributed by atoms with van der Waals surface area (Å²) in [7, 11) is -0.578. The minimum atomic E-state index is -0.578. The van der Waals surface area contributed by atoms with E-state index in [1.165, 1.54) is 0 Å². The topological polar surface area (TPSA) is 55.1 Å². The molecule has 1 aromatic rings. The molecule has 4 nitrogen and oxygen atoms in total. The van der Waals surface area contributed by atoms with Crippen molar-refractivity contribution in [2.45, 2.75) is 52.2 Å². The van der Waals surface area contributed by atoms with Gasteiger partial charge in [-0.25, -0.2) is 0 Å². The zero-order chi connectivity index (χ0) is 14.3. The first-order valence-electron chi connectivity index (χ1n) is 6.56. The molecule has 0 atom stereocenters. The lowest BCUT2D eigenvalue weighted by atomic mass is 9.79. The van der Waals surface area contributed by atoms with E-state index < -0.39 is 18.3 Å². The van der Waals surface area contributed by atoms with Gasteiger partial charge in [0, 0.05) is 6.20 Å². The molecule has 5 heteroatoms. The first-order valence-corrected chi connectivity index (χ1v) is 6.56. The molecule has 1 fully saturated rings. The van der Waals surface area contributed by atoms with Crippen LogP contribution in [0.5, 0.6) is 0 Å². The first kappa shape index (κ1) is 14.0. The van der Waals surface area contributed by atoms with Crippen molar-refractivity contribution >= 4 is 12.7 Å². The average molecular weight is 258 g/mol. The largest absolute Gasteiger partial charge is 0.515 e. The lowest BCUT2D eigenvalue weighted by molar-refractivity contribution is 0.00578. The van der Waals surface area contributed by atoms with Crippen LogP contribution in [-0.4, -0.2) is 23.3 Å². The van der Waals surface area contributed by atoms with E-state index in [1.54, 1.807) is 6.20 Å². The van der Waals surface area contributed by atoms with E-state index in [2.05, 4.69) is 11.1 Å². The van der Waals surface area contributed by atoms with Crippen LogP contribution in [0, 0.1) is 11.3 Å². The van der Waals surface area contributed by atoms with Crippen molar-refractivity contribution < 1.29 is 9.31 Å². The summed E-state index contributed by atoms with van der Waals surface area (Å²) in [5.74, 6) is 0. The molecular weight excluding hydrogens is 239 g/mol. The Bertz CT molecular complexity index is 519. The molecule has 1 saturated heterocycles. The molecule has 0 aliphatic carbocycles.